The van der Waals surface area contributed by atoms with Gasteiger partial charge in [0.2, 0.25) is 0 Å². The van der Waals surface area contributed by atoms with E-state index in [0.29, 0.717) is 0 Å². The Labute approximate surface area is 113 Å². The molecule has 0 radical (unpaired) electrons. The number of imidazole rings is 1. The zero-order valence-corrected chi connectivity index (χ0v) is 10.6. The summed E-state index contributed by atoms with van der Waals surface area (Å²) in [6.07, 6.45) is 2.00. The van der Waals surface area contributed by atoms with E-state index in [4.69, 9.17) is 5.73 Å². The second kappa shape index (κ2) is 3.77. The average Bonchev–Trinajstić information content (AvgIpc) is 2.99. The summed E-state index contributed by atoms with van der Waals surface area (Å²) in [6.45, 7) is 0. The molecule has 5 heteroatoms. The van der Waals surface area contributed by atoms with Crippen LogP contribution in [0, 0.1) is 0 Å². The molecule has 5 nitrogen and oxygen atoms in total. The van der Waals surface area contributed by atoms with Gasteiger partial charge in [0.25, 0.3) is 0 Å². The highest BCUT2D eigenvalue weighted by atomic mass is 16.1. The Morgan fingerprint density at radius 3 is 2.70 bits per heavy atom. The number of hydrogen-bond donors (Lipinski definition) is 3. The van der Waals surface area contributed by atoms with E-state index in [9.17, 15) is 4.79 Å². The average molecular weight is 264 g/mol. The fourth-order valence-corrected chi connectivity index (χ4v) is 2.56. The van der Waals surface area contributed by atoms with Gasteiger partial charge in [-0.2, -0.15) is 0 Å². The number of nitrogens with two attached hydrogens (primary N) is 1. The number of hydrogen-bond acceptors (Lipinski definition) is 2. The van der Waals surface area contributed by atoms with E-state index in [1.54, 1.807) is 0 Å². The molecular weight excluding hydrogens is 252 g/mol. The molecule has 20 heavy (non-hydrogen) atoms. The number of aromatic nitrogens is 3. The number of nitrogens with one attached hydrogen (secondary N) is 2. The molecule has 0 fully saturated rings. The Bertz CT molecular complexity index is 990. The van der Waals surface area contributed by atoms with Crippen molar-refractivity contribution in [3.63, 3.8) is 0 Å². The van der Waals surface area contributed by atoms with Crippen molar-refractivity contribution in [3.05, 3.63) is 59.1 Å². The normalized spacial score (nSPS) is 11.4. The third-order valence-corrected chi connectivity index (χ3v) is 3.49. The van der Waals surface area contributed by atoms with Crippen LogP contribution < -0.4 is 11.4 Å². The second-order valence-electron chi connectivity index (χ2n) is 4.81. The lowest BCUT2D eigenvalue weighted by Crippen LogP contribution is -1.99. The maximum absolute atomic E-state index is 11.3. The maximum atomic E-state index is 11.3. The van der Waals surface area contributed by atoms with Crippen LogP contribution in [0.1, 0.15) is 0 Å². The van der Waals surface area contributed by atoms with E-state index in [1.807, 2.05) is 48.7 Å². The van der Waals surface area contributed by atoms with Gasteiger partial charge < -0.3 is 20.3 Å². The molecule has 2 heterocycles. The third kappa shape index (κ3) is 1.53. The molecule has 2 aromatic carbocycles. The Hall–Kier alpha value is -2.95. The Kier molecular flexibility index (Phi) is 2.06. The molecule has 4 rings (SSSR count). The third-order valence-electron chi connectivity index (χ3n) is 3.49. The van der Waals surface area contributed by atoms with Gasteiger partial charge in [-0.25, -0.2) is 4.79 Å². The zero-order chi connectivity index (χ0) is 13.7. The number of nitrogen functional groups attached to an aromatic ring is 1. The Morgan fingerprint density at radius 1 is 0.950 bits per heavy atom. The van der Waals surface area contributed by atoms with E-state index in [0.717, 1.165) is 33.3 Å². The predicted octanol–water partition coefficient (Wildman–Crippen LogP) is 2.38. The molecule has 0 saturated carbocycles. The molecule has 0 atom stereocenters. The van der Waals surface area contributed by atoms with Crippen LogP contribution in [0.25, 0.3) is 27.6 Å². The highest BCUT2D eigenvalue weighted by Gasteiger charge is 2.05. The molecule has 0 aliphatic rings. The molecule has 4 aromatic rings. The lowest BCUT2D eigenvalue weighted by atomic mass is 10.2. The number of rotatable bonds is 1. The van der Waals surface area contributed by atoms with E-state index in [-0.39, 0.29) is 5.69 Å². The van der Waals surface area contributed by atoms with Gasteiger partial charge >= 0.3 is 5.69 Å². The Morgan fingerprint density at radius 2 is 1.80 bits per heavy atom. The lowest BCUT2D eigenvalue weighted by molar-refractivity contribution is 1.13. The molecule has 0 bridgehead atoms. The lowest BCUT2D eigenvalue weighted by Gasteiger charge is -2.05. The molecule has 0 amide bonds. The molecule has 0 spiro atoms. The van der Waals surface area contributed by atoms with Crippen LogP contribution in [0.15, 0.2) is 53.5 Å². The van der Waals surface area contributed by atoms with E-state index in [2.05, 4.69) is 14.5 Å². The van der Waals surface area contributed by atoms with Crippen LogP contribution in [-0.4, -0.2) is 14.5 Å². The number of aromatic amines is 2. The van der Waals surface area contributed by atoms with Crippen molar-refractivity contribution >= 4 is 27.6 Å². The number of fused-ring (bicyclic) bond motifs is 2. The number of anilines is 1. The van der Waals surface area contributed by atoms with Gasteiger partial charge in [-0.1, -0.05) is 0 Å². The molecule has 0 aliphatic heterocycles. The first-order chi connectivity index (χ1) is 9.70. The summed E-state index contributed by atoms with van der Waals surface area (Å²) in [7, 11) is 0. The zero-order valence-electron chi connectivity index (χ0n) is 10.6. The second-order valence-corrected chi connectivity index (χ2v) is 4.81. The van der Waals surface area contributed by atoms with Gasteiger partial charge in [-0.3, -0.25) is 0 Å². The summed E-state index contributed by atoms with van der Waals surface area (Å²) in [5.74, 6) is 0. The van der Waals surface area contributed by atoms with Crippen LogP contribution in [0.5, 0.6) is 0 Å². The smallest absolute Gasteiger partial charge is 0.323 e. The monoisotopic (exact) mass is 264 g/mol. The minimum Gasteiger partial charge on any atom is -0.399 e. The first-order valence-corrected chi connectivity index (χ1v) is 6.30. The van der Waals surface area contributed by atoms with Crippen LogP contribution in [0.2, 0.25) is 0 Å². The van der Waals surface area contributed by atoms with Crippen molar-refractivity contribution < 1.29 is 0 Å². The fourth-order valence-electron chi connectivity index (χ4n) is 2.56. The summed E-state index contributed by atoms with van der Waals surface area (Å²) in [5, 5.41) is 1.09. The first-order valence-electron chi connectivity index (χ1n) is 6.30. The topological polar surface area (TPSA) is 79.6 Å². The van der Waals surface area contributed by atoms with Crippen LogP contribution in [0.4, 0.5) is 5.69 Å². The standard InChI is InChI=1S/C15H12N4O/c16-10-1-4-14-9(7-10)5-6-19(14)11-2-3-12-13(8-11)18-15(20)17-12/h1-8H,16H2,(H2,17,18,20). The SMILES string of the molecule is Nc1ccc2c(ccn2-c2ccc3[nH]c(=O)[nH]c3c2)c1. The summed E-state index contributed by atoms with van der Waals surface area (Å²) in [6, 6.07) is 13.7. The summed E-state index contributed by atoms with van der Waals surface area (Å²) in [5.41, 5.74) is 10.0. The van der Waals surface area contributed by atoms with Gasteiger partial charge in [0.05, 0.1) is 16.6 Å². The van der Waals surface area contributed by atoms with Crippen molar-refractivity contribution in [1.82, 2.24) is 14.5 Å². The quantitative estimate of drug-likeness (QED) is 0.461. The van der Waals surface area contributed by atoms with Crippen molar-refractivity contribution in [2.24, 2.45) is 0 Å². The van der Waals surface area contributed by atoms with Crippen LogP contribution >= 0.6 is 0 Å². The summed E-state index contributed by atoms with van der Waals surface area (Å²) in [4.78, 5) is 16.8. The van der Waals surface area contributed by atoms with Crippen molar-refractivity contribution in [2.45, 2.75) is 0 Å². The minimum atomic E-state index is -0.192. The van der Waals surface area contributed by atoms with Gasteiger partial charge in [0.15, 0.2) is 0 Å². The van der Waals surface area contributed by atoms with Gasteiger partial charge in [-0.05, 0) is 42.5 Å². The minimum absolute atomic E-state index is 0.192. The number of H-pyrrole nitrogens is 2. The Balaban J connectivity index is 1.98. The van der Waals surface area contributed by atoms with E-state index >= 15 is 0 Å². The summed E-state index contributed by atoms with van der Waals surface area (Å²) >= 11 is 0. The van der Waals surface area contributed by atoms with Crippen molar-refractivity contribution in [1.29, 1.82) is 0 Å². The van der Waals surface area contributed by atoms with E-state index < -0.39 is 0 Å². The molecule has 0 aliphatic carbocycles. The first kappa shape index (κ1) is 10.9. The molecular formula is C15H12N4O. The van der Waals surface area contributed by atoms with Crippen LogP contribution in [0.3, 0.4) is 0 Å². The molecule has 98 valence electrons. The van der Waals surface area contributed by atoms with Crippen LogP contribution in [-0.2, 0) is 0 Å². The fraction of sp³-hybridized carbons (Fsp3) is 0. The van der Waals surface area contributed by atoms with E-state index in [1.165, 1.54) is 0 Å². The molecule has 0 unspecified atom stereocenters. The summed E-state index contributed by atoms with van der Waals surface area (Å²) < 4.78 is 2.07. The van der Waals surface area contributed by atoms with Gasteiger partial charge in [0, 0.05) is 23.0 Å². The van der Waals surface area contributed by atoms with Gasteiger partial charge in [-0.15, -0.1) is 0 Å². The van der Waals surface area contributed by atoms with Gasteiger partial charge in [0.1, 0.15) is 0 Å². The molecule has 0 saturated heterocycles. The largest absolute Gasteiger partial charge is 0.399 e. The number of nitrogens with zero attached hydrogens (tertiary/aromatic N) is 1. The molecule has 4 N–H and O–H groups in total. The van der Waals surface area contributed by atoms with Crippen molar-refractivity contribution in [2.75, 3.05) is 5.73 Å². The molecule has 2 aromatic heterocycles. The van der Waals surface area contributed by atoms with Crippen molar-refractivity contribution in [3.8, 4) is 5.69 Å². The highest BCUT2D eigenvalue weighted by molar-refractivity contribution is 5.86. The number of benzene rings is 2. The maximum Gasteiger partial charge on any atom is 0.323 e. The predicted molar refractivity (Wildman–Crippen MR) is 80.2 cm³/mol. The highest BCUT2D eigenvalue weighted by Crippen LogP contribution is 2.23.